The molecule has 4 nitrogen and oxygen atoms in total. The van der Waals surface area contributed by atoms with Gasteiger partial charge in [-0.15, -0.1) is 0 Å². The second-order valence-electron chi connectivity index (χ2n) is 1.30. The highest BCUT2D eigenvalue weighted by molar-refractivity contribution is 4.18. The van der Waals surface area contributed by atoms with Gasteiger partial charge in [0.15, 0.2) is 0 Å². The van der Waals surface area contributed by atoms with E-state index in [1.54, 1.807) is 7.11 Å². The Hall–Kier alpha value is -0.160. The minimum Gasteiger partial charge on any atom is -0.359 e. The second-order valence-corrected chi connectivity index (χ2v) is 1.30. The lowest BCUT2D eigenvalue weighted by molar-refractivity contribution is -0.279. The summed E-state index contributed by atoms with van der Waals surface area (Å²) in [4.78, 5) is 8.80. The summed E-state index contributed by atoms with van der Waals surface area (Å²) >= 11 is 0. The zero-order valence-electron chi connectivity index (χ0n) is 5.75. The van der Waals surface area contributed by atoms with Crippen molar-refractivity contribution >= 4 is 0 Å². The molecule has 0 aliphatic carbocycles. The van der Waals surface area contributed by atoms with Crippen molar-refractivity contribution in [2.45, 2.75) is 0 Å². The lowest BCUT2D eigenvalue weighted by Crippen LogP contribution is -2.05. The van der Waals surface area contributed by atoms with E-state index in [9.17, 15) is 0 Å². The molecule has 0 aromatic rings. The summed E-state index contributed by atoms with van der Waals surface area (Å²) in [5.41, 5.74) is 0. The Morgan fingerprint density at radius 3 is 2.44 bits per heavy atom. The van der Waals surface area contributed by atoms with E-state index in [1.165, 1.54) is 7.11 Å². The number of methoxy groups -OCH3 is 1. The van der Waals surface area contributed by atoms with Gasteiger partial charge in [-0.05, 0) is 0 Å². The van der Waals surface area contributed by atoms with E-state index in [2.05, 4.69) is 14.5 Å². The molecule has 0 amide bonds. The van der Waals surface area contributed by atoms with Gasteiger partial charge in [0, 0.05) is 7.11 Å². The lowest BCUT2D eigenvalue weighted by atomic mass is 10.8. The zero-order chi connectivity index (χ0) is 6.95. The molecule has 0 aliphatic heterocycles. The quantitative estimate of drug-likeness (QED) is 0.226. The van der Waals surface area contributed by atoms with Crippen molar-refractivity contribution in [1.29, 1.82) is 0 Å². The third-order valence-electron chi connectivity index (χ3n) is 0.630. The second kappa shape index (κ2) is 7.84. The molecule has 0 aromatic heterocycles. The monoisotopic (exact) mass is 136 g/mol. The predicted molar refractivity (Wildman–Crippen MR) is 30.8 cm³/mol. The fourth-order valence-corrected chi connectivity index (χ4v) is 0.319. The summed E-state index contributed by atoms with van der Waals surface area (Å²) in [5.74, 6) is 0. The molecule has 0 saturated heterocycles. The van der Waals surface area contributed by atoms with E-state index in [-0.39, 0.29) is 0 Å². The van der Waals surface area contributed by atoms with Crippen LogP contribution in [0.2, 0.25) is 0 Å². The first-order chi connectivity index (χ1) is 4.41. The Labute approximate surface area is 54.6 Å². The van der Waals surface area contributed by atoms with Crippen LogP contribution in [-0.2, 0) is 19.2 Å². The fourth-order valence-electron chi connectivity index (χ4n) is 0.319. The normalized spacial score (nSPS) is 10.0. The highest BCUT2D eigenvalue weighted by Crippen LogP contribution is 1.77. The van der Waals surface area contributed by atoms with Crippen LogP contribution in [0, 0.1) is 0 Å². The molecule has 56 valence electrons. The maximum Gasteiger partial charge on any atom is 0.146 e. The molecular weight excluding hydrogens is 124 g/mol. The van der Waals surface area contributed by atoms with Gasteiger partial charge in [-0.2, -0.15) is 0 Å². The summed E-state index contributed by atoms with van der Waals surface area (Å²) < 4.78 is 9.46. The molecule has 0 spiro atoms. The lowest BCUT2D eigenvalue weighted by Gasteiger charge is -2.00. The Kier molecular flexibility index (Phi) is 7.70. The first kappa shape index (κ1) is 8.84. The molecule has 0 aliphatic rings. The molecule has 0 unspecified atom stereocenters. The van der Waals surface area contributed by atoms with Crippen LogP contribution in [0.4, 0.5) is 0 Å². The highest BCUT2D eigenvalue weighted by Gasteiger charge is 1.84. The summed E-state index contributed by atoms with van der Waals surface area (Å²) in [6.45, 7) is 1.22. The zero-order valence-corrected chi connectivity index (χ0v) is 5.75. The Morgan fingerprint density at radius 1 is 1.11 bits per heavy atom. The number of hydrogen-bond acceptors (Lipinski definition) is 4. The van der Waals surface area contributed by atoms with Crippen molar-refractivity contribution in [3.63, 3.8) is 0 Å². The van der Waals surface area contributed by atoms with Gasteiger partial charge in [0.25, 0.3) is 0 Å². The molecule has 9 heavy (non-hydrogen) atoms. The van der Waals surface area contributed by atoms with E-state index in [0.717, 1.165) is 0 Å². The van der Waals surface area contributed by atoms with Crippen LogP contribution in [0.3, 0.4) is 0 Å². The van der Waals surface area contributed by atoms with Crippen LogP contribution >= 0.6 is 0 Å². The molecular formula is C5H12O4. The molecule has 0 rings (SSSR count). The molecule has 0 aromatic carbocycles. The van der Waals surface area contributed by atoms with Gasteiger partial charge >= 0.3 is 0 Å². The van der Waals surface area contributed by atoms with Crippen molar-refractivity contribution < 1.29 is 19.2 Å². The van der Waals surface area contributed by atoms with E-state index in [4.69, 9.17) is 4.74 Å². The minimum atomic E-state index is 0.299. The van der Waals surface area contributed by atoms with Gasteiger partial charge in [-0.1, -0.05) is 0 Å². The molecule has 0 heterocycles. The third-order valence-corrected chi connectivity index (χ3v) is 0.630. The van der Waals surface area contributed by atoms with Crippen molar-refractivity contribution in [2.24, 2.45) is 0 Å². The maximum atomic E-state index is 4.86. The third kappa shape index (κ3) is 7.84. The van der Waals surface area contributed by atoms with Crippen LogP contribution in [0.5, 0.6) is 0 Å². The van der Waals surface area contributed by atoms with Crippen molar-refractivity contribution in [3.8, 4) is 0 Å². The molecule has 0 radical (unpaired) electrons. The molecule has 0 N–H and O–H groups in total. The van der Waals surface area contributed by atoms with Crippen LogP contribution < -0.4 is 0 Å². The first-order valence-corrected chi connectivity index (χ1v) is 2.64. The van der Waals surface area contributed by atoms with Crippen LogP contribution in [0.1, 0.15) is 0 Å². The smallest absolute Gasteiger partial charge is 0.146 e. The van der Waals surface area contributed by atoms with Gasteiger partial charge < -0.3 is 9.47 Å². The summed E-state index contributed by atoms with van der Waals surface area (Å²) in [6, 6.07) is 0. The standard InChI is InChI=1S/C5H12O4/c1-6-5-8-3-4-9-7-2/h3-5H2,1-2H3. The molecule has 0 bridgehead atoms. The summed E-state index contributed by atoms with van der Waals surface area (Å²) in [6.07, 6.45) is 0. The van der Waals surface area contributed by atoms with Gasteiger partial charge in [0.2, 0.25) is 0 Å². The number of rotatable bonds is 6. The van der Waals surface area contributed by atoms with Crippen molar-refractivity contribution in [3.05, 3.63) is 0 Å². The van der Waals surface area contributed by atoms with Crippen LogP contribution in [0.25, 0.3) is 0 Å². The molecule has 0 fully saturated rings. The molecule has 0 saturated carbocycles. The largest absolute Gasteiger partial charge is 0.359 e. The van der Waals surface area contributed by atoms with E-state index in [1.807, 2.05) is 0 Å². The topological polar surface area (TPSA) is 36.9 Å². The summed E-state index contributed by atoms with van der Waals surface area (Å²) in [7, 11) is 3.02. The average Bonchev–Trinajstić information content (AvgIpc) is 1.89. The van der Waals surface area contributed by atoms with Gasteiger partial charge in [-0.25, -0.2) is 9.78 Å². The van der Waals surface area contributed by atoms with E-state index in [0.29, 0.717) is 20.0 Å². The van der Waals surface area contributed by atoms with Crippen molar-refractivity contribution in [1.82, 2.24) is 0 Å². The Morgan fingerprint density at radius 2 is 1.89 bits per heavy atom. The molecule has 0 atom stereocenters. The number of hydrogen-bond donors (Lipinski definition) is 0. The fraction of sp³-hybridized carbons (Fsp3) is 1.00. The van der Waals surface area contributed by atoms with Gasteiger partial charge in [0.05, 0.1) is 13.7 Å². The molecule has 4 heteroatoms. The van der Waals surface area contributed by atoms with E-state index < -0.39 is 0 Å². The maximum absolute atomic E-state index is 4.86. The van der Waals surface area contributed by atoms with Crippen molar-refractivity contribution in [2.75, 3.05) is 34.2 Å². The first-order valence-electron chi connectivity index (χ1n) is 2.64. The predicted octanol–water partition coefficient (Wildman–Crippen LogP) is 0.185. The number of ether oxygens (including phenoxy) is 2. The summed E-state index contributed by atoms with van der Waals surface area (Å²) in [5, 5.41) is 0. The van der Waals surface area contributed by atoms with Crippen LogP contribution in [-0.4, -0.2) is 34.2 Å². The Bertz CT molecular complexity index is 42.2. The van der Waals surface area contributed by atoms with Gasteiger partial charge in [0.1, 0.15) is 13.4 Å². The Balaban J connectivity index is 2.60. The average molecular weight is 136 g/mol. The SMILES string of the molecule is COCOCCOOC. The minimum absolute atomic E-state index is 0.299. The van der Waals surface area contributed by atoms with E-state index >= 15 is 0 Å². The van der Waals surface area contributed by atoms with Gasteiger partial charge in [-0.3, -0.25) is 0 Å². The van der Waals surface area contributed by atoms with Crippen LogP contribution in [0.15, 0.2) is 0 Å². The highest BCUT2D eigenvalue weighted by atomic mass is 17.2.